The largest absolute Gasteiger partial charge is 0.497 e. The lowest BCUT2D eigenvalue weighted by molar-refractivity contribution is -0.137. The molecule has 29 heavy (non-hydrogen) atoms. The van der Waals surface area contributed by atoms with Gasteiger partial charge in [0, 0.05) is 12.6 Å². The van der Waals surface area contributed by atoms with E-state index in [1.54, 1.807) is 30.3 Å². The topological polar surface area (TPSA) is 42.6 Å². The van der Waals surface area contributed by atoms with Crippen LogP contribution in [0.4, 0.5) is 18.9 Å². The maximum Gasteiger partial charge on any atom is 0.416 e. The van der Waals surface area contributed by atoms with Crippen LogP contribution < -0.4 is 9.75 Å². The number of aromatic nitrogens is 2. The molecule has 4 rings (SSSR count). The molecule has 0 saturated carbocycles. The highest BCUT2D eigenvalue weighted by molar-refractivity contribution is 6.01. The molecule has 0 spiro atoms. The Morgan fingerprint density at radius 2 is 1.79 bits per heavy atom. The number of nitrogens with zero attached hydrogens (tertiary/aromatic N) is 4. The van der Waals surface area contributed by atoms with Gasteiger partial charge in [-0.1, -0.05) is 12.1 Å². The minimum atomic E-state index is -4.41. The summed E-state index contributed by atoms with van der Waals surface area (Å²) in [6.45, 7) is 0. The van der Waals surface area contributed by atoms with Gasteiger partial charge in [0.25, 0.3) is 0 Å². The molecule has 0 aliphatic carbocycles. The highest BCUT2D eigenvalue weighted by Gasteiger charge is 2.31. The Morgan fingerprint density at radius 1 is 1.00 bits per heavy atom. The van der Waals surface area contributed by atoms with E-state index in [2.05, 4.69) is 10.2 Å². The van der Waals surface area contributed by atoms with Gasteiger partial charge in [-0.25, -0.2) is 9.69 Å². The van der Waals surface area contributed by atoms with E-state index in [1.165, 1.54) is 11.1 Å². The number of halogens is 3. The summed E-state index contributed by atoms with van der Waals surface area (Å²) in [6, 6.07) is 14.3. The highest BCUT2D eigenvalue weighted by Crippen LogP contribution is 2.32. The summed E-state index contributed by atoms with van der Waals surface area (Å²) in [5.74, 6) is 0.733. The maximum absolute atomic E-state index is 13.0. The number of allylic oxidation sites excluding steroid dienone is 1. The predicted octanol–water partition coefficient (Wildman–Crippen LogP) is 5.03. The third-order valence-corrected chi connectivity index (χ3v) is 4.48. The molecule has 0 unspecified atom stereocenters. The number of hydrogen-bond acceptors (Lipinski definition) is 4. The molecule has 3 aromatic rings. The zero-order valence-electron chi connectivity index (χ0n) is 15.5. The Labute approximate surface area is 165 Å². The normalized spacial score (nSPS) is 14.1. The number of alkyl halides is 3. The van der Waals surface area contributed by atoms with Gasteiger partial charge in [0.15, 0.2) is 0 Å². The summed E-state index contributed by atoms with van der Waals surface area (Å²) in [6.07, 6.45) is 1.31. The Kier molecular flexibility index (Phi) is 4.84. The minimum absolute atomic E-state index is 0.337. The van der Waals surface area contributed by atoms with E-state index >= 15 is 0 Å². The molecule has 1 aromatic heterocycles. The fourth-order valence-corrected chi connectivity index (χ4v) is 3.04. The molecule has 8 heteroatoms. The smallest absolute Gasteiger partial charge is 0.416 e. The zero-order valence-corrected chi connectivity index (χ0v) is 15.5. The Morgan fingerprint density at radius 3 is 2.52 bits per heavy atom. The predicted molar refractivity (Wildman–Crippen MR) is 104 cm³/mol. The molecule has 0 N–H and O–H groups in total. The van der Waals surface area contributed by atoms with Gasteiger partial charge in [0.05, 0.1) is 41.7 Å². The third-order valence-electron chi connectivity index (χ3n) is 4.48. The van der Waals surface area contributed by atoms with Crippen molar-refractivity contribution in [2.24, 2.45) is 5.10 Å². The molecule has 0 fully saturated rings. The first-order valence-corrected chi connectivity index (χ1v) is 8.85. The van der Waals surface area contributed by atoms with E-state index in [9.17, 15) is 13.2 Å². The Bertz CT molecular complexity index is 1070. The summed E-state index contributed by atoms with van der Waals surface area (Å²) in [5.41, 5.74) is 1.90. The number of rotatable bonds is 4. The summed E-state index contributed by atoms with van der Waals surface area (Å²) in [4.78, 5) is 0. The van der Waals surface area contributed by atoms with Gasteiger partial charge in [-0.2, -0.15) is 23.4 Å². The van der Waals surface area contributed by atoms with Crippen molar-refractivity contribution in [2.75, 3.05) is 12.1 Å². The van der Waals surface area contributed by atoms with Crippen LogP contribution >= 0.6 is 0 Å². The van der Waals surface area contributed by atoms with Crippen molar-refractivity contribution in [3.05, 3.63) is 84.3 Å². The quantitative estimate of drug-likeness (QED) is 0.619. The molecule has 2 heterocycles. The van der Waals surface area contributed by atoms with Crippen molar-refractivity contribution in [1.29, 1.82) is 0 Å². The van der Waals surface area contributed by atoms with Crippen LogP contribution in [0, 0.1) is 0 Å². The second-order valence-electron chi connectivity index (χ2n) is 6.35. The van der Waals surface area contributed by atoms with E-state index in [4.69, 9.17) is 4.74 Å². The third kappa shape index (κ3) is 3.87. The van der Waals surface area contributed by atoms with Gasteiger partial charge in [-0.3, -0.25) is 0 Å². The lowest BCUT2D eigenvalue weighted by atomic mass is 10.1. The van der Waals surface area contributed by atoms with Crippen molar-refractivity contribution in [3.8, 4) is 11.4 Å². The van der Waals surface area contributed by atoms with Gasteiger partial charge in [0.1, 0.15) is 5.75 Å². The highest BCUT2D eigenvalue weighted by atomic mass is 19.4. The molecular formula is C21H17F3N4O. The first-order chi connectivity index (χ1) is 14.0. The molecule has 0 amide bonds. The number of ether oxygens (including phenoxy) is 1. The van der Waals surface area contributed by atoms with Gasteiger partial charge in [0.2, 0.25) is 0 Å². The second-order valence-corrected chi connectivity index (χ2v) is 6.35. The minimum Gasteiger partial charge on any atom is -0.497 e. The van der Waals surface area contributed by atoms with E-state index in [0.717, 1.165) is 29.3 Å². The first-order valence-electron chi connectivity index (χ1n) is 8.85. The average molecular weight is 398 g/mol. The summed E-state index contributed by atoms with van der Waals surface area (Å²) >= 11 is 0. The summed E-state index contributed by atoms with van der Waals surface area (Å²) in [7, 11) is 1.60. The van der Waals surface area contributed by atoms with Crippen LogP contribution in [-0.4, -0.2) is 22.6 Å². The number of anilines is 1. The molecule has 1 aliphatic heterocycles. The number of hydrogen-bond donors (Lipinski definition) is 0. The van der Waals surface area contributed by atoms with Crippen molar-refractivity contribution >= 4 is 11.4 Å². The van der Waals surface area contributed by atoms with Gasteiger partial charge in [-0.05, 0) is 48.5 Å². The van der Waals surface area contributed by atoms with Crippen molar-refractivity contribution in [2.45, 2.75) is 12.6 Å². The van der Waals surface area contributed by atoms with Crippen LogP contribution in [0.25, 0.3) is 5.69 Å². The Hall–Kier alpha value is -3.55. The molecule has 0 radical (unpaired) electrons. The zero-order chi connectivity index (χ0) is 20.4. The molecule has 2 aromatic carbocycles. The Balaban J connectivity index is 1.67. The van der Waals surface area contributed by atoms with Crippen molar-refractivity contribution in [1.82, 2.24) is 9.78 Å². The monoisotopic (exact) mass is 398 g/mol. The molecule has 5 nitrogen and oxygen atoms in total. The first kappa shape index (κ1) is 18.8. The van der Waals surface area contributed by atoms with Gasteiger partial charge >= 0.3 is 6.18 Å². The standard InChI is InChI=1S/C21H17F3N4O/c1-29-18-9-7-16(8-10-18)28-20(11-12-25-28)19-6-3-13-27(26-19)17-5-2-4-15(14-17)21(22,23)24/h2-5,7-14H,6H2,1H3. The van der Waals surface area contributed by atoms with Crippen LogP contribution in [0.1, 0.15) is 17.7 Å². The maximum atomic E-state index is 13.0. The van der Waals surface area contributed by atoms with Crippen LogP contribution in [-0.2, 0) is 6.18 Å². The summed E-state index contributed by atoms with van der Waals surface area (Å²) < 4.78 is 46.0. The number of methoxy groups -OCH3 is 1. The average Bonchev–Trinajstić information content (AvgIpc) is 3.23. The second kappa shape index (κ2) is 7.46. The fourth-order valence-electron chi connectivity index (χ4n) is 3.04. The molecule has 0 atom stereocenters. The number of hydrazone groups is 1. The fraction of sp³-hybridized carbons (Fsp3) is 0.143. The molecule has 0 saturated heterocycles. The van der Waals surface area contributed by atoms with Crippen LogP contribution in [0.3, 0.4) is 0 Å². The summed E-state index contributed by atoms with van der Waals surface area (Å²) in [5, 5.41) is 10.4. The number of benzene rings is 2. The van der Waals surface area contributed by atoms with Crippen LogP contribution in [0.2, 0.25) is 0 Å². The van der Waals surface area contributed by atoms with Crippen molar-refractivity contribution in [3.63, 3.8) is 0 Å². The van der Waals surface area contributed by atoms with Gasteiger partial charge < -0.3 is 4.74 Å². The SMILES string of the molecule is COc1ccc(-n2nccc2C2=NN(c3cccc(C(F)(F)F)c3)C=CC2)cc1. The van der Waals surface area contributed by atoms with Crippen LogP contribution in [0.15, 0.2) is 78.2 Å². The van der Waals surface area contributed by atoms with Crippen LogP contribution in [0.5, 0.6) is 5.75 Å². The molecule has 1 aliphatic rings. The van der Waals surface area contributed by atoms with E-state index in [1.807, 2.05) is 36.4 Å². The van der Waals surface area contributed by atoms with Gasteiger partial charge in [-0.15, -0.1) is 0 Å². The lowest BCUT2D eigenvalue weighted by Gasteiger charge is -2.21. The lowest BCUT2D eigenvalue weighted by Crippen LogP contribution is -2.19. The van der Waals surface area contributed by atoms with E-state index in [-0.39, 0.29) is 0 Å². The molecular weight excluding hydrogens is 381 g/mol. The van der Waals surface area contributed by atoms with E-state index in [0.29, 0.717) is 17.8 Å². The van der Waals surface area contributed by atoms with E-state index < -0.39 is 11.7 Å². The van der Waals surface area contributed by atoms with Crippen molar-refractivity contribution < 1.29 is 17.9 Å². The molecule has 148 valence electrons. The molecule has 0 bridgehead atoms.